The van der Waals surface area contributed by atoms with Crippen molar-refractivity contribution in [3.8, 4) is 17.0 Å². The third-order valence-electron chi connectivity index (χ3n) is 6.45. The van der Waals surface area contributed by atoms with Crippen LogP contribution in [0.5, 0.6) is 5.75 Å². The molecule has 1 saturated heterocycles. The van der Waals surface area contributed by atoms with E-state index in [0.717, 1.165) is 41.4 Å². The first-order chi connectivity index (χ1) is 18.5. The zero-order chi connectivity index (χ0) is 26.9. The fourth-order valence-electron chi connectivity index (χ4n) is 4.30. The third kappa shape index (κ3) is 6.88. The predicted octanol–water partition coefficient (Wildman–Crippen LogP) is 4.22. The number of carbonyl (C=O) groups is 2. The molecular formula is C29H34N6O3. The van der Waals surface area contributed by atoms with Crippen molar-refractivity contribution in [1.82, 2.24) is 20.0 Å². The van der Waals surface area contributed by atoms with Gasteiger partial charge in [-0.25, -0.2) is 4.79 Å². The maximum Gasteiger partial charge on any atom is 0.322 e. The molecule has 3 aromatic rings. The van der Waals surface area contributed by atoms with Crippen LogP contribution in [0.2, 0.25) is 0 Å². The Morgan fingerprint density at radius 1 is 1.05 bits per heavy atom. The summed E-state index contributed by atoms with van der Waals surface area (Å²) in [6.45, 7) is 8.55. The van der Waals surface area contributed by atoms with Gasteiger partial charge in [0.2, 0.25) is 5.91 Å². The van der Waals surface area contributed by atoms with Gasteiger partial charge in [-0.05, 0) is 49.7 Å². The number of methoxy groups -OCH3 is 1. The van der Waals surface area contributed by atoms with E-state index in [1.165, 1.54) is 4.90 Å². The Hall–Kier alpha value is -4.40. The first kappa shape index (κ1) is 26.7. The molecule has 3 amide bonds. The summed E-state index contributed by atoms with van der Waals surface area (Å²) in [4.78, 5) is 31.4. The molecule has 0 saturated carbocycles. The maximum atomic E-state index is 13.1. The lowest BCUT2D eigenvalue weighted by Gasteiger charge is -2.26. The van der Waals surface area contributed by atoms with Crippen LogP contribution in [0.4, 0.5) is 16.3 Å². The minimum absolute atomic E-state index is 0.0151. The molecule has 9 nitrogen and oxygen atoms in total. The van der Waals surface area contributed by atoms with Gasteiger partial charge in [0.25, 0.3) is 0 Å². The lowest BCUT2D eigenvalue weighted by Crippen LogP contribution is -2.45. The topological polar surface area (TPSA) is 90.9 Å². The van der Waals surface area contributed by atoms with Gasteiger partial charge in [-0.1, -0.05) is 35.9 Å². The highest BCUT2D eigenvalue weighted by atomic mass is 16.5. The molecule has 0 aliphatic carbocycles. The number of hydrogen-bond donors (Lipinski definition) is 1. The Morgan fingerprint density at radius 2 is 1.87 bits per heavy atom. The molecule has 1 N–H and O–H groups in total. The van der Waals surface area contributed by atoms with Crippen LogP contribution in [0.25, 0.3) is 11.3 Å². The van der Waals surface area contributed by atoms with Crippen molar-refractivity contribution in [2.45, 2.75) is 13.3 Å². The second kappa shape index (κ2) is 12.7. The van der Waals surface area contributed by atoms with Gasteiger partial charge in [0.05, 0.1) is 12.8 Å². The summed E-state index contributed by atoms with van der Waals surface area (Å²) in [5.74, 6) is 1.45. The Balaban J connectivity index is 1.34. The molecule has 2 aromatic carbocycles. The van der Waals surface area contributed by atoms with Gasteiger partial charge in [-0.15, -0.1) is 16.8 Å². The number of rotatable bonds is 8. The van der Waals surface area contributed by atoms with Crippen LogP contribution in [-0.4, -0.2) is 78.3 Å². The molecule has 2 heterocycles. The molecule has 0 bridgehead atoms. The van der Waals surface area contributed by atoms with Crippen LogP contribution in [0.1, 0.15) is 12.0 Å². The summed E-state index contributed by atoms with van der Waals surface area (Å²) in [6.07, 6.45) is 2.42. The molecule has 0 radical (unpaired) electrons. The first-order valence-electron chi connectivity index (χ1n) is 12.7. The molecule has 38 heavy (non-hydrogen) atoms. The Bertz CT molecular complexity index is 1250. The molecule has 0 atom stereocenters. The highest BCUT2D eigenvalue weighted by molar-refractivity contribution is 5.92. The summed E-state index contributed by atoms with van der Waals surface area (Å²) >= 11 is 0. The number of carbonyl (C=O) groups excluding carboxylic acids is 2. The van der Waals surface area contributed by atoms with Crippen molar-refractivity contribution >= 4 is 23.4 Å². The summed E-state index contributed by atoms with van der Waals surface area (Å²) in [7, 11) is 1.64. The third-order valence-corrected chi connectivity index (χ3v) is 6.45. The van der Waals surface area contributed by atoms with Crippen LogP contribution >= 0.6 is 0 Å². The van der Waals surface area contributed by atoms with Gasteiger partial charge < -0.3 is 24.8 Å². The number of aromatic nitrogens is 2. The monoisotopic (exact) mass is 514 g/mol. The number of nitrogens with one attached hydrogen (secondary N) is 1. The van der Waals surface area contributed by atoms with Gasteiger partial charge >= 0.3 is 6.03 Å². The average molecular weight is 515 g/mol. The largest absolute Gasteiger partial charge is 0.497 e. The number of amides is 3. The standard InChI is InChI=1S/C29H34N6O3/c1-4-15-35(29(37)30-24-11-9-22(2)10-12-24)21-28(36)34-17-6-16-33(18-19-34)27-14-13-26(31-32-27)23-7-5-8-25(20-23)38-3/h4-5,7-14,20H,1,6,15-19,21H2,2-3H3,(H,30,37). The van der Waals surface area contributed by atoms with Crippen molar-refractivity contribution in [2.24, 2.45) is 0 Å². The Morgan fingerprint density at radius 3 is 2.58 bits per heavy atom. The average Bonchev–Trinajstić information content (AvgIpc) is 3.21. The van der Waals surface area contributed by atoms with E-state index in [4.69, 9.17) is 4.74 Å². The van der Waals surface area contributed by atoms with Crippen molar-refractivity contribution in [2.75, 3.05) is 56.6 Å². The number of ether oxygens (including phenoxy) is 1. The number of urea groups is 1. The summed E-state index contributed by atoms with van der Waals surface area (Å²) < 4.78 is 5.30. The lowest BCUT2D eigenvalue weighted by molar-refractivity contribution is -0.131. The molecule has 9 heteroatoms. The van der Waals surface area contributed by atoms with Crippen molar-refractivity contribution in [3.05, 3.63) is 78.9 Å². The maximum absolute atomic E-state index is 13.1. The highest BCUT2D eigenvalue weighted by Crippen LogP contribution is 2.23. The highest BCUT2D eigenvalue weighted by Gasteiger charge is 2.24. The second-order valence-electron chi connectivity index (χ2n) is 9.20. The van der Waals surface area contributed by atoms with E-state index in [1.54, 1.807) is 13.2 Å². The van der Waals surface area contributed by atoms with Crippen molar-refractivity contribution < 1.29 is 14.3 Å². The van der Waals surface area contributed by atoms with E-state index in [0.29, 0.717) is 25.3 Å². The number of benzene rings is 2. The molecule has 198 valence electrons. The predicted molar refractivity (Wildman–Crippen MR) is 149 cm³/mol. The molecule has 4 rings (SSSR count). The molecule has 1 aliphatic heterocycles. The van der Waals surface area contributed by atoms with Crippen LogP contribution in [0.3, 0.4) is 0 Å². The van der Waals surface area contributed by atoms with Crippen LogP contribution in [0, 0.1) is 6.92 Å². The molecule has 0 spiro atoms. The van der Waals surface area contributed by atoms with Gasteiger partial charge in [0.15, 0.2) is 5.82 Å². The summed E-state index contributed by atoms with van der Waals surface area (Å²) in [5, 5.41) is 11.7. The van der Waals surface area contributed by atoms with Gasteiger partial charge in [0, 0.05) is 44.0 Å². The van der Waals surface area contributed by atoms with E-state index in [-0.39, 0.29) is 25.0 Å². The Labute approximate surface area is 223 Å². The molecule has 0 unspecified atom stereocenters. The minimum Gasteiger partial charge on any atom is -0.497 e. The molecule has 1 aliphatic rings. The van der Waals surface area contributed by atoms with Crippen LogP contribution in [-0.2, 0) is 4.79 Å². The number of nitrogens with zero attached hydrogens (tertiary/aromatic N) is 5. The van der Waals surface area contributed by atoms with Gasteiger partial charge in [0.1, 0.15) is 12.3 Å². The van der Waals surface area contributed by atoms with Crippen LogP contribution in [0.15, 0.2) is 73.3 Å². The van der Waals surface area contributed by atoms with Crippen molar-refractivity contribution in [1.29, 1.82) is 0 Å². The van der Waals surface area contributed by atoms with E-state index >= 15 is 0 Å². The quantitative estimate of drug-likeness (QED) is 0.453. The van der Waals surface area contributed by atoms with Gasteiger partial charge in [-0.3, -0.25) is 4.79 Å². The Kier molecular flexibility index (Phi) is 8.92. The number of hydrogen-bond acceptors (Lipinski definition) is 6. The lowest BCUT2D eigenvalue weighted by atomic mass is 10.1. The van der Waals surface area contributed by atoms with E-state index in [1.807, 2.05) is 72.5 Å². The fourth-order valence-corrected chi connectivity index (χ4v) is 4.30. The fraction of sp³-hybridized carbons (Fsp3) is 0.310. The molecular weight excluding hydrogens is 480 g/mol. The zero-order valence-electron chi connectivity index (χ0n) is 22.0. The van der Waals surface area contributed by atoms with Crippen LogP contribution < -0.4 is 15.0 Å². The normalized spacial score (nSPS) is 13.4. The number of aryl methyl sites for hydroxylation is 1. The van der Waals surface area contributed by atoms with E-state index < -0.39 is 0 Å². The molecule has 1 aromatic heterocycles. The zero-order valence-corrected chi connectivity index (χ0v) is 22.0. The number of anilines is 2. The minimum atomic E-state index is -0.329. The molecule has 1 fully saturated rings. The summed E-state index contributed by atoms with van der Waals surface area (Å²) in [6, 6.07) is 18.8. The van der Waals surface area contributed by atoms with E-state index in [2.05, 4.69) is 27.0 Å². The van der Waals surface area contributed by atoms with Crippen molar-refractivity contribution in [3.63, 3.8) is 0 Å². The first-order valence-corrected chi connectivity index (χ1v) is 12.7. The smallest absolute Gasteiger partial charge is 0.322 e. The van der Waals surface area contributed by atoms with E-state index in [9.17, 15) is 9.59 Å². The summed E-state index contributed by atoms with van der Waals surface area (Å²) in [5.41, 5.74) is 3.50. The second-order valence-corrected chi connectivity index (χ2v) is 9.20. The van der Waals surface area contributed by atoms with Gasteiger partial charge in [-0.2, -0.15) is 0 Å². The SMILES string of the molecule is C=CCN(CC(=O)N1CCCN(c2ccc(-c3cccc(OC)c3)nn2)CC1)C(=O)Nc1ccc(C)cc1.